The molecule has 4 heteroatoms. The number of rotatable bonds is 5. The Bertz CT molecular complexity index is 743. The molecule has 0 bridgehead atoms. The molecule has 0 saturated heterocycles. The average molecular weight is 303 g/mol. The van der Waals surface area contributed by atoms with E-state index in [0.717, 1.165) is 23.6 Å². The molecular weight excluding hydrogens is 282 g/mol. The summed E-state index contributed by atoms with van der Waals surface area (Å²) in [5.74, 6) is 0.539. The van der Waals surface area contributed by atoms with Gasteiger partial charge in [0.15, 0.2) is 0 Å². The van der Waals surface area contributed by atoms with E-state index in [-0.39, 0.29) is 6.04 Å². The van der Waals surface area contributed by atoms with Crippen molar-refractivity contribution in [3.63, 3.8) is 0 Å². The fourth-order valence-electron chi connectivity index (χ4n) is 2.69. The van der Waals surface area contributed by atoms with Gasteiger partial charge in [-0.2, -0.15) is 4.31 Å². The molecule has 2 aromatic rings. The summed E-state index contributed by atoms with van der Waals surface area (Å²) in [5, 5.41) is 1.77. The highest BCUT2D eigenvalue weighted by Crippen LogP contribution is 2.34. The SMILES string of the molecule is CC(C)N(CC1CC1)S(=O)(=O)c1cccc2ccccc12. The van der Waals surface area contributed by atoms with Crippen LogP contribution < -0.4 is 0 Å². The van der Waals surface area contributed by atoms with E-state index in [9.17, 15) is 8.42 Å². The summed E-state index contributed by atoms with van der Waals surface area (Å²) in [6.07, 6.45) is 2.29. The predicted octanol–water partition coefficient (Wildman–Crippen LogP) is 3.65. The smallest absolute Gasteiger partial charge is 0.207 e. The molecule has 0 aromatic heterocycles. The lowest BCUT2D eigenvalue weighted by Crippen LogP contribution is -2.38. The molecule has 3 rings (SSSR count). The minimum absolute atomic E-state index is 0.0189. The number of hydrogen-bond acceptors (Lipinski definition) is 2. The minimum Gasteiger partial charge on any atom is -0.207 e. The molecule has 1 saturated carbocycles. The normalized spacial score (nSPS) is 16.0. The van der Waals surface area contributed by atoms with Gasteiger partial charge in [0.05, 0.1) is 4.90 Å². The molecule has 0 radical (unpaired) electrons. The van der Waals surface area contributed by atoms with E-state index in [4.69, 9.17) is 0 Å². The van der Waals surface area contributed by atoms with Gasteiger partial charge in [-0.05, 0) is 44.1 Å². The Balaban J connectivity index is 2.10. The summed E-state index contributed by atoms with van der Waals surface area (Å²) in [6, 6.07) is 13.1. The van der Waals surface area contributed by atoms with Gasteiger partial charge in [0, 0.05) is 18.0 Å². The maximum Gasteiger partial charge on any atom is 0.243 e. The first-order valence-electron chi connectivity index (χ1n) is 7.50. The third-order valence-electron chi connectivity index (χ3n) is 4.05. The Morgan fingerprint density at radius 2 is 1.76 bits per heavy atom. The van der Waals surface area contributed by atoms with Crippen molar-refractivity contribution in [2.75, 3.05) is 6.54 Å². The topological polar surface area (TPSA) is 37.4 Å². The van der Waals surface area contributed by atoms with Gasteiger partial charge in [-0.25, -0.2) is 8.42 Å². The van der Waals surface area contributed by atoms with Crippen LogP contribution in [0.5, 0.6) is 0 Å². The Labute approximate surface area is 126 Å². The zero-order valence-corrected chi connectivity index (χ0v) is 13.3. The largest absolute Gasteiger partial charge is 0.243 e. The number of sulfonamides is 1. The molecule has 3 nitrogen and oxygen atoms in total. The number of fused-ring (bicyclic) bond motifs is 1. The van der Waals surface area contributed by atoms with Gasteiger partial charge in [0.25, 0.3) is 0 Å². The fourth-order valence-corrected chi connectivity index (χ4v) is 4.62. The zero-order chi connectivity index (χ0) is 15.0. The van der Waals surface area contributed by atoms with Crippen molar-refractivity contribution in [1.29, 1.82) is 0 Å². The van der Waals surface area contributed by atoms with Gasteiger partial charge in [-0.3, -0.25) is 0 Å². The van der Waals surface area contributed by atoms with Crippen LogP contribution in [-0.2, 0) is 10.0 Å². The summed E-state index contributed by atoms with van der Waals surface area (Å²) in [7, 11) is -3.45. The van der Waals surface area contributed by atoms with Gasteiger partial charge < -0.3 is 0 Å². The molecule has 0 heterocycles. The highest BCUT2D eigenvalue weighted by molar-refractivity contribution is 7.89. The van der Waals surface area contributed by atoms with Crippen molar-refractivity contribution < 1.29 is 8.42 Å². The third kappa shape index (κ3) is 2.83. The van der Waals surface area contributed by atoms with Gasteiger partial charge in [0.1, 0.15) is 0 Å². The lowest BCUT2D eigenvalue weighted by atomic mass is 10.1. The maximum absolute atomic E-state index is 13.1. The number of hydrogen-bond donors (Lipinski definition) is 0. The van der Waals surface area contributed by atoms with E-state index in [1.165, 1.54) is 0 Å². The molecule has 0 amide bonds. The van der Waals surface area contributed by atoms with Crippen molar-refractivity contribution in [3.05, 3.63) is 42.5 Å². The van der Waals surface area contributed by atoms with Crippen molar-refractivity contribution in [2.24, 2.45) is 5.92 Å². The van der Waals surface area contributed by atoms with Crippen LogP contribution in [-0.4, -0.2) is 25.3 Å². The van der Waals surface area contributed by atoms with Crippen LogP contribution in [0.2, 0.25) is 0 Å². The van der Waals surface area contributed by atoms with E-state index < -0.39 is 10.0 Å². The second kappa shape index (κ2) is 5.43. The first-order valence-corrected chi connectivity index (χ1v) is 8.94. The summed E-state index contributed by atoms with van der Waals surface area (Å²) in [4.78, 5) is 0.426. The lowest BCUT2D eigenvalue weighted by Gasteiger charge is -2.26. The van der Waals surface area contributed by atoms with E-state index in [1.807, 2.05) is 50.2 Å². The van der Waals surface area contributed by atoms with Crippen LogP contribution in [0.4, 0.5) is 0 Å². The van der Waals surface area contributed by atoms with E-state index in [1.54, 1.807) is 10.4 Å². The molecule has 1 aliphatic carbocycles. The number of benzene rings is 2. The van der Waals surface area contributed by atoms with Crippen molar-refractivity contribution >= 4 is 20.8 Å². The van der Waals surface area contributed by atoms with Crippen LogP contribution in [0.15, 0.2) is 47.4 Å². The summed E-state index contributed by atoms with van der Waals surface area (Å²) in [6.45, 7) is 4.54. The molecular formula is C17H21NO2S. The summed E-state index contributed by atoms with van der Waals surface area (Å²) >= 11 is 0. The van der Waals surface area contributed by atoms with Gasteiger partial charge in [-0.1, -0.05) is 36.4 Å². The van der Waals surface area contributed by atoms with E-state index in [0.29, 0.717) is 17.4 Å². The Hall–Kier alpha value is -1.39. The van der Waals surface area contributed by atoms with Crippen LogP contribution in [0.1, 0.15) is 26.7 Å². The Kier molecular flexibility index (Phi) is 3.76. The molecule has 0 unspecified atom stereocenters. The number of nitrogens with zero attached hydrogens (tertiary/aromatic N) is 1. The fraction of sp³-hybridized carbons (Fsp3) is 0.412. The first-order chi connectivity index (χ1) is 10.00. The molecule has 0 N–H and O–H groups in total. The molecule has 1 fully saturated rings. The molecule has 2 aromatic carbocycles. The second-order valence-corrected chi connectivity index (χ2v) is 7.95. The minimum atomic E-state index is -3.45. The van der Waals surface area contributed by atoms with E-state index in [2.05, 4.69) is 0 Å². The highest BCUT2D eigenvalue weighted by Gasteiger charge is 2.33. The first kappa shape index (κ1) is 14.5. The van der Waals surface area contributed by atoms with Crippen LogP contribution in [0, 0.1) is 5.92 Å². The van der Waals surface area contributed by atoms with Gasteiger partial charge >= 0.3 is 0 Å². The van der Waals surface area contributed by atoms with E-state index >= 15 is 0 Å². The molecule has 0 atom stereocenters. The van der Waals surface area contributed by atoms with Crippen molar-refractivity contribution in [1.82, 2.24) is 4.31 Å². The highest BCUT2D eigenvalue weighted by atomic mass is 32.2. The van der Waals surface area contributed by atoms with Crippen molar-refractivity contribution in [2.45, 2.75) is 37.6 Å². The Morgan fingerprint density at radius 1 is 1.10 bits per heavy atom. The van der Waals surface area contributed by atoms with Crippen LogP contribution in [0.25, 0.3) is 10.8 Å². The standard InChI is InChI=1S/C17H21NO2S/c1-13(2)18(12-14-10-11-14)21(19,20)17-9-5-7-15-6-3-4-8-16(15)17/h3-9,13-14H,10-12H2,1-2H3. The molecule has 112 valence electrons. The van der Waals surface area contributed by atoms with Crippen molar-refractivity contribution in [3.8, 4) is 0 Å². The zero-order valence-electron chi connectivity index (χ0n) is 12.5. The molecule has 0 spiro atoms. The van der Waals surface area contributed by atoms with Gasteiger partial charge in [0.2, 0.25) is 10.0 Å². The molecule has 21 heavy (non-hydrogen) atoms. The van der Waals surface area contributed by atoms with Crippen LogP contribution >= 0.6 is 0 Å². The monoisotopic (exact) mass is 303 g/mol. The quantitative estimate of drug-likeness (QED) is 0.845. The summed E-state index contributed by atoms with van der Waals surface area (Å²) < 4.78 is 27.8. The molecule has 1 aliphatic rings. The maximum atomic E-state index is 13.1. The van der Waals surface area contributed by atoms with Gasteiger partial charge in [-0.15, -0.1) is 0 Å². The lowest BCUT2D eigenvalue weighted by molar-refractivity contribution is 0.342. The molecule has 0 aliphatic heterocycles. The summed E-state index contributed by atoms with van der Waals surface area (Å²) in [5.41, 5.74) is 0. The Morgan fingerprint density at radius 3 is 2.43 bits per heavy atom. The predicted molar refractivity (Wildman–Crippen MR) is 85.7 cm³/mol. The third-order valence-corrected chi connectivity index (χ3v) is 6.15. The van der Waals surface area contributed by atoms with Crippen LogP contribution in [0.3, 0.4) is 0 Å². The second-order valence-electron chi connectivity index (χ2n) is 6.09. The average Bonchev–Trinajstić information content (AvgIpc) is 3.27.